The Morgan fingerprint density at radius 2 is 0.929 bits per heavy atom. The molecule has 1 N–H and O–H groups in total. The fourth-order valence-corrected chi connectivity index (χ4v) is 4.24. The molecule has 0 saturated heterocycles. The second-order valence-corrected chi connectivity index (χ2v) is 7.11. The topological polar surface area (TPSA) is 29.5 Å². The van der Waals surface area contributed by atoms with Gasteiger partial charge in [-0.15, -0.1) is 0 Å². The summed E-state index contributed by atoms with van der Waals surface area (Å²) in [5.74, 6) is 1.28. The van der Waals surface area contributed by atoms with Crippen molar-refractivity contribution in [3.05, 3.63) is 131 Å². The lowest BCUT2D eigenvalue weighted by molar-refractivity contribution is 0.0593. The van der Waals surface area contributed by atoms with Crippen LogP contribution in [0.4, 0.5) is 0 Å². The molecule has 2 nitrogen and oxygen atoms in total. The molecule has 0 aliphatic carbocycles. The molecule has 28 heavy (non-hydrogen) atoms. The molecule has 5 rings (SSSR count). The third kappa shape index (κ3) is 2.54. The highest BCUT2D eigenvalue weighted by Gasteiger charge is 2.45. The molecule has 0 fully saturated rings. The van der Waals surface area contributed by atoms with Crippen molar-refractivity contribution in [3.8, 4) is 11.5 Å². The smallest absolute Gasteiger partial charge is 0.131 e. The first-order valence-electron chi connectivity index (χ1n) is 9.47. The van der Waals surface area contributed by atoms with Gasteiger partial charge in [-0.1, -0.05) is 97.1 Å². The van der Waals surface area contributed by atoms with Crippen LogP contribution in [0.3, 0.4) is 0 Å². The number of hydrogen-bond donors (Lipinski definition) is 1. The molecule has 0 unspecified atom stereocenters. The molecule has 4 aromatic rings. The van der Waals surface area contributed by atoms with Crippen molar-refractivity contribution >= 4 is 0 Å². The van der Waals surface area contributed by atoms with E-state index in [9.17, 15) is 5.11 Å². The van der Waals surface area contributed by atoms with Gasteiger partial charge in [0.2, 0.25) is 0 Å². The summed E-state index contributed by atoms with van der Waals surface area (Å²) in [5.41, 5.74) is 2.45. The van der Waals surface area contributed by atoms with Gasteiger partial charge < -0.3 is 9.84 Å². The SMILES string of the molecule is OC(c1ccccc1)(c1ccccc1)C1c2ccccc2Oc2ccccc21. The van der Waals surface area contributed by atoms with Crippen LogP contribution < -0.4 is 4.74 Å². The van der Waals surface area contributed by atoms with E-state index < -0.39 is 5.60 Å². The van der Waals surface area contributed by atoms with Crippen LogP contribution in [0.2, 0.25) is 0 Å². The first-order chi connectivity index (χ1) is 13.8. The summed E-state index contributed by atoms with van der Waals surface area (Å²) in [6.07, 6.45) is 0. The average molecular weight is 364 g/mol. The normalized spacial score (nSPS) is 13.3. The van der Waals surface area contributed by atoms with Gasteiger partial charge in [-0.3, -0.25) is 0 Å². The first-order valence-corrected chi connectivity index (χ1v) is 9.47. The number of ether oxygens (including phenoxy) is 1. The van der Waals surface area contributed by atoms with Crippen LogP contribution in [0.5, 0.6) is 11.5 Å². The van der Waals surface area contributed by atoms with E-state index in [1.54, 1.807) is 0 Å². The zero-order chi connectivity index (χ0) is 19.0. The lowest BCUT2D eigenvalue weighted by Gasteiger charge is -2.41. The van der Waals surface area contributed by atoms with Crippen molar-refractivity contribution in [1.82, 2.24) is 0 Å². The number of benzene rings is 4. The zero-order valence-corrected chi connectivity index (χ0v) is 15.3. The highest BCUT2D eigenvalue weighted by atomic mass is 16.5. The predicted molar refractivity (Wildman–Crippen MR) is 111 cm³/mol. The van der Waals surface area contributed by atoms with Crippen molar-refractivity contribution in [2.75, 3.05) is 0 Å². The van der Waals surface area contributed by atoms with E-state index in [2.05, 4.69) is 0 Å². The van der Waals surface area contributed by atoms with E-state index >= 15 is 0 Å². The van der Waals surface area contributed by atoms with Gasteiger partial charge in [-0.05, 0) is 23.3 Å². The van der Waals surface area contributed by atoms with Gasteiger partial charge in [0, 0.05) is 11.1 Å². The van der Waals surface area contributed by atoms with Gasteiger partial charge in [0.25, 0.3) is 0 Å². The maximum absolute atomic E-state index is 12.4. The summed E-state index contributed by atoms with van der Waals surface area (Å²) < 4.78 is 6.16. The average Bonchev–Trinajstić information content (AvgIpc) is 2.78. The third-order valence-corrected chi connectivity index (χ3v) is 5.53. The second-order valence-electron chi connectivity index (χ2n) is 7.11. The number of hydrogen-bond acceptors (Lipinski definition) is 2. The molecule has 1 aliphatic heterocycles. The summed E-state index contributed by atoms with van der Waals surface area (Å²) in [6.45, 7) is 0. The molecule has 0 atom stereocenters. The summed E-state index contributed by atoms with van der Waals surface area (Å²) in [7, 11) is 0. The summed E-state index contributed by atoms with van der Waals surface area (Å²) in [4.78, 5) is 0. The number of para-hydroxylation sites is 2. The second kappa shape index (κ2) is 6.66. The van der Waals surface area contributed by atoms with Gasteiger partial charge in [-0.2, -0.15) is 0 Å². The lowest BCUT2D eigenvalue weighted by Crippen LogP contribution is -2.37. The van der Waals surface area contributed by atoms with Crippen LogP contribution in [0.25, 0.3) is 0 Å². The van der Waals surface area contributed by atoms with Crippen LogP contribution in [-0.4, -0.2) is 5.11 Å². The van der Waals surface area contributed by atoms with E-state index in [1.165, 1.54) is 0 Å². The van der Waals surface area contributed by atoms with Crippen LogP contribution in [-0.2, 0) is 5.60 Å². The minimum Gasteiger partial charge on any atom is -0.457 e. The molecule has 2 heteroatoms. The molecule has 0 radical (unpaired) electrons. The Morgan fingerprint density at radius 1 is 0.536 bits per heavy atom. The lowest BCUT2D eigenvalue weighted by atomic mass is 9.69. The van der Waals surface area contributed by atoms with E-state index in [0.29, 0.717) is 0 Å². The fraction of sp³-hybridized carbons (Fsp3) is 0.0769. The van der Waals surface area contributed by atoms with Crippen LogP contribution in [0.1, 0.15) is 28.2 Å². The maximum Gasteiger partial charge on any atom is 0.131 e. The molecular formula is C26H20O2. The highest BCUT2D eigenvalue weighted by molar-refractivity contribution is 5.58. The van der Waals surface area contributed by atoms with Crippen molar-refractivity contribution in [3.63, 3.8) is 0 Å². The van der Waals surface area contributed by atoms with E-state index in [-0.39, 0.29) is 5.92 Å². The molecule has 1 aliphatic rings. The van der Waals surface area contributed by atoms with E-state index in [4.69, 9.17) is 4.74 Å². The van der Waals surface area contributed by atoms with Gasteiger partial charge >= 0.3 is 0 Å². The molecular weight excluding hydrogens is 344 g/mol. The largest absolute Gasteiger partial charge is 0.457 e. The van der Waals surface area contributed by atoms with Gasteiger partial charge in [0.1, 0.15) is 17.1 Å². The Morgan fingerprint density at radius 3 is 1.39 bits per heavy atom. The minimum absolute atomic E-state index is 0.293. The zero-order valence-electron chi connectivity index (χ0n) is 15.3. The quantitative estimate of drug-likeness (QED) is 0.493. The molecule has 0 amide bonds. The number of aliphatic hydroxyl groups is 1. The maximum atomic E-state index is 12.4. The number of fused-ring (bicyclic) bond motifs is 2. The molecule has 4 aromatic carbocycles. The Hall–Kier alpha value is -3.36. The Labute approximate surface area is 164 Å². The monoisotopic (exact) mass is 364 g/mol. The first kappa shape index (κ1) is 16.8. The number of rotatable bonds is 3. The van der Waals surface area contributed by atoms with E-state index in [0.717, 1.165) is 33.8 Å². The van der Waals surface area contributed by atoms with Crippen LogP contribution in [0, 0.1) is 0 Å². The molecule has 0 saturated carbocycles. The molecule has 0 aromatic heterocycles. The Balaban J connectivity index is 1.84. The standard InChI is InChI=1S/C26H20O2/c27-26(19-11-3-1-4-12-19,20-13-5-2-6-14-20)25-21-15-7-9-17-23(21)28-24-18-10-8-16-22(24)25/h1-18,25,27H. The molecule has 136 valence electrons. The van der Waals surface area contributed by atoms with Gasteiger partial charge in [-0.25, -0.2) is 0 Å². The van der Waals surface area contributed by atoms with Gasteiger partial charge in [0.15, 0.2) is 0 Å². The summed E-state index contributed by atoms with van der Waals surface area (Å²) in [6, 6.07) is 35.8. The molecule has 0 spiro atoms. The third-order valence-electron chi connectivity index (χ3n) is 5.53. The van der Waals surface area contributed by atoms with Crippen LogP contribution >= 0.6 is 0 Å². The van der Waals surface area contributed by atoms with E-state index in [1.807, 2.05) is 109 Å². The van der Waals surface area contributed by atoms with Crippen molar-refractivity contribution in [1.29, 1.82) is 0 Å². The van der Waals surface area contributed by atoms with Gasteiger partial charge in [0.05, 0.1) is 5.92 Å². The predicted octanol–water partition coefficient (Wildman–Crippen LogP) is 5.86. The summed E-state index contributed by atoms with van der Waals surface area (Å²) >= 11 is 0. The van der Waals surface area contributed by atoms with Crippen molar-refractivity contribution < 1.29 is 9.84 Å². The highest BCUT2D eigenvalue weighted by Crippen LogP contribution is 2.54. The Kier molecular flexibility index (Phi) is 4.00. The minimum atomic E-state index is -1.24. The fourth-order valence-electron chi connectivity index (χ4n) is 4.24. The van der Waals surface area contributed by atoms with Crippen LogP contribution in [0.15, 0.2) is 109 Å². The van der Waals surface area contributed by atoms with Crippen molar-refractivity contribution in [2.24, 2.45) is 0 Å². The summed E-state index contributed by atoms with van der Waals surface area (Å²) in [5, 5.41) is 12.4. The van der Waals surface area contributed by atoms with Crippen molar-refractivity contribution in [2.45, 2.75) is 11.5 Å². The Bertz CT molecular complexity index is 1020. The molecule has 1 heterocycles. The molecule has 0 bridgehead atoms.